The number of ether oxygens (including phenoxy) is 1. The number of hydrogen-bond donors (Lipinski definition) is 2. The van der Waals surface area contributed by atoms with Gasteiger partial charge < -0.3 is 10.2 Å². The Hall–Kier alpha value is -1.50. The Kier molecular flexibility index (Phi) is 2.57. The van der Waals surface area contributed by atoms with E-state index >= 15 is 0 Å². The Morgan fingerprint density at radius 3 is 2.69 bits per heavy atom. The van der Waals surface area contributed by atoms with E-state index in [1.54, 1.807) is 0 Å². The van der Waals surface area contributed by atoms with Gasteiger partial charge >= 0.3 is 6.36 Å². The molecule has 1 heterocycles. The fourth-order valence-electron chi connectivity index (χ4n) is 0.692. The molecule has 0 spiro atoms. The predicted octanol–water partition coefficient (Wildman–Crippen LogP) is 1.27. The molecule has 4 nitrogen and oxygen atoms in total. The van der Waals surface area contributed by atoms with Crippen LogP contribution in [0.2, 0.25) is 0 Å². The van der Waals surface area contributed by atoms with Crippen molar-refractivity contribution in [2.45, 2.75) is 6.36 Å². The molecule has 0 bridgehead atoms. The zero-order valence-electron chi connectivity index (χ0n) is 6.30. The molecule has 0 fully saturated rings. The highest BCUT2D eigenvalue weighted by atomic mass is 19.4. The highest BCUT2D eigenvalue weighted by Crippen LogP contribution is 2.26. The highest BCUT2D eigenvalue weighted by Gasteiger charge is 2.32. The number of hydrogen-bond acceptors (Lipinski definition) is 4. The average Bonchev–Trinajstić information content (AvgIpc) is 2.02. The molecule has 3 N–H and O–H groups in total. The minimum absolute atomic E-state index is 0.0279. The van der Waals surface area contributed by atoms with Crippen molar-refractivity contribution in [2.75, 3.05) is 5.43 Å². The normalized spacial score (nSPS) is 11.1. The maximum Gasteiger partial charge on any atom is 0.574 e. The lowest BCUT2D eigenvalue weighted by molar-refractivity contribution is -0.275. The molecule has 1 aromatic heterocycles. The molecule has 1 rings (SSSR count). The first kappa shape index (κ1) is 9.59. The van der Waals surface area contributed by atoms with Crippen molar-refractivity contribution in [3.63, 3.8) is 0 Å². The van der Waals surface area contributed by atoms with E-state index in [1.807, 2.05) is 5.43 Å². The summed E-state index contributed by atoms with van der Waals surface area (Å²) in [6, 6.07) is 2.74. The molecular formula is C6H6F3N3O. The van der Waals surface area contributed by atoms with Crippen molar-refractivity contribution >= 4 is 5.69 Å². The lowest BCUT2D eigenvalue weighted by Gasteiger charge is -2.10. The molecule has 0 unspecified atom stereocenters. The Morgan fingerprint density at radius 2 is 2.15 bits per heavy atom. The van der Waals surface area contributed by atoms with Gasteiger partial charge in [-0.1, -0.05) is 0 Å². The molecule has 0 aliphatic rings. The lowest BCUT2D eigenvalue weighted by Crippen LogP contribution is -2.20. The Labute approximate surface area is 71.5 Å². The molecule has 0 aliphatic heterocycles. The number of aromatic nitrogens is 1. The van der Waals surface area contributed by atoms with Crippen LogP contribution in [-0.4, -0.2) is 11.3 Å². The van der Waals surface area contributed by atoms with E-state index in [-0.39, 0.29) is 5.69 Å². The number of nitrogen functional groups attached to an aromatic ring is 1. The Morgan fingerprint density at radius 1 is 1.46 bits per heavy atom. The van der Waals surface area contributed by atoms with Gasteiger partial charge in [0.2, 0.25) is 5.88 Å². The average molecular weight is 193 g/mol. The highest BCUT2D eigenvalue weighted by molar-refractivity contribution is 5.50. The third-order valence-corrected chi connectivity index (χ3v) is 1.14. The zero-order valence-corrected chi connectivity index (χ0v) is 6.30. The van der Waals surface area contributed by atoms with Crippen LogP contribution in [-0.2, 0) is 0 Å². The first-order chi connectivity index (χ1) is 6.03. The van der Waals surface area contributed by atoms with Gasteiger partial charge in [0, 0.05) is 6.20 Å². The number of nitrogens with two attached hydrogens (primary N) is 1. The lowest BCUT2D eigenvalue weighted by atomic mass is 10.4. The van der Waals surface area contributed by atoms with E-state index in [1.165, 1.54) is 18.3 Å². The molecule has 0 saturated carbocycles. The topological polar surface area (TPSA) is 60.2 Å². The smallest absolute Gasteiger partial charge is 0.386 e. The number of nitrogens with one attached hydrogen (secondary N) is 1. The number of pyridine rings is 1. The number of halogens is 3. The Bertz CT molecular complexity index is 289. The first-order valence-electron chi connectivity index (χ1n) is 3.20. The number of hydrazine groups is 1. The molecule has 0 amide bonds. The van der Waals surface area contributed by atoms with Crippen LogP contribution in [0.15, 0.2) is 18.3 Å². The summed E-state index contributed by atoms with van der Waals surface area (Å²) in [5, 5.41) is 0. The summed E-state index contributed by atoms with van der Waals surface area (Å²) in [5.41, 5.74) is 2.00. The fraction of sp³-hybridized carbons (Fsp3) is 0.167. The van der Waals surface area contributed by atoms with Gasteiger partial charge in [0.25, 0.3) is 0 Å². The molecule has 0 aromatic carbocycles. The van der Waals surface area contributed by atoms with Crippen LogP contribution in [0.4, 0.5) is 18.9 Å². The molecule has 72 valence electrons. The van der Waals surface area contributed by atoms with Crippen LogP contribution in [0.25, 0.3) is 0 Å². The van der Waals surface area contributed by atoms with E-state index < -0.39 is 12.2 Å². The van der Waals surface area contributed by atoms with Gasteiger partial charge in [0.1, 0.15) is 5.69 Å². The van der Waals surface area contributed by atoms with Crippen LogP contribution in [0.5, 0.6) is 5.88 Å². The van der Waals surface area contributed by atoms with Crippen molar-refractivity contribution in [1.29, 1.82) is 0 Å². The summed E-state index contributed by atoms with van der Waals surface area (Å²) in [6.45, 7) is 0. The second-order valence-electron chi connectivity index (χ2n) is 2.05. The van der Waals surface area contributed by atoms with Gasteiger partial charge in [-0.25, -0.2) is 4.98 Å². The van der Waals surface area contributed by atoms with Gasteiger partial charge in [-0.2, -0.15) is 0 Å². The number of alkyl halides is 3. The van der Waals surface area contributed by atoms with Gasteiger partial charge in [0.15, 0.2) is 0 Å². The second kappa shape index (κ2) is 3.48. The third-order valence-electron chi connectivity index (χ3n) is 1.14. The standard InChI is InChI=1S/C6H6F3N3O/c7-6(8,9)13-5-4(12-10)2-1-3-11-5/h1-3,12H,10H2. The second-order valence-corrected chi connectivity index (χ2v) is 2.05. The first-order valence-corrected chi connectivity index (χ1v) is 3.20. The molecule has 0 radical (unpaired) electrons. The van der Waals surface area contributed by atoms with Crippen molar-refractivity contribution in [3.8, 4) is 5.88 Å². The Balaban J connectivity index is 2.87. The summed E-state index contributed by atoms with van der Waals surface area (Å²) < 4.78 is 38.8. The van der Waals surface area contributed by atoms with Gasteiger partial charge in [-0.15, -0.1) is 13.2 Å². The minimum Gasteiger partial charge on any atom is -0.386 e. The molecule has 0 saturated heterocycles. The van der Waals surface area contributed by atoms with Gasteiger partial charge in [-0.05, 0) is 12.1 Å². The van der Waals surface area contributed by atoms with Gasteiger partial charge in [0.05, 0.1) is 0 Å². The predicted molar refractivity (Wildman–Crippen MR) is 38.7 cm³/mol. The van der Waals surface area contributed by atoms with E-state index in [9.17, 15) is 13.2 Å². The summed E-state index contributed by atoms with van der Waals surface area (Å²) >= 11 is 0. The van der Waals surface area contributed by atoms with Crippen LogP contribution in [0.1, 0.15) is 0 Å². The van der Waals surface area contributed by atoms with E-state index in [0.717, 1.165) is 0 Å². The van der Waals surface area contributed by atoms with Crippen molar-refractivity contribution < 1.29 is 17.9 Å². The molecular weight excluding hydrogens is 187 g/mol. The van der Waals surface area contributed by atoms with Crippen LogP contribution < -0.4 is 16.0 Å². The fourth-order valence-corrected chi connectivity index (χ4v) is 0.692. The third kappa shape index (κ3) is 2.79. The van der Waals surface area contributed by atoms with Crippen molar-refractivity contribution in [3.05, 3.63) is 18.3 Å². The van der Waals surface area contributed by atoms with Gasteiger partial charge in [-0.3, -0.25) is 5.84 Å². The number of rotatable bonds is 2. The van der Waals surface area contributed by atoms with E-state index in [0.29, 0.717) is 0 Å². The summed E-state index contributed by atoms with van der Waals surface area (Å²) in [4.78, 5) is 3.35. The van der Waals surface area contributed by atoms with E-state index in [4.69, 9.17) is 5.84 Å². The molecule has 13 heavy (non-hydrogen) atoms. The monoisotopic (exact) mass is 193 g/mol. The summed E-state index contributed by atoms with van der Waals surface area (Å²) in [5.74, 6) is 4.33. The zero-order chi connectivity index (χ0) is 9.90. The molecule has 1 aromatic rings. The van der Waals surface area contributed by atoms with Crippen molar-refractivity contribution in [1.82, 2.24) is 4.98 Å². The number of nitrogens with zero attached hydrogens (tertiary/aromatic N) is 1. The van der Waals surface area contributed by atoms with Crippen LogP contribution >= 0.6 is 0 Å². The molecule has 0 aliphatic carbocycles. The number of anilines is 1. The quantitative estimate of drug-likeness (QED) is 0.548. The molecule has 7 heteroatoms. The summed E-state index contributed by atoms with van der Waals surface area (Å²) in [6.07, 6.45) is -3.60. The maximum absolute atomic E-state index is 11.7. The molecule has 0 atom stereocenters. The summed E-state index contributed by atoms with van der Waals surface area (Å²) in [7, 11) is 0. The maximum atomic E-state index is 11.7. The van der Waals surface area contributed by atoms with Crippen molar-refractivity contribution in [2.24, 2.45) is 5.84 Å². The van der Waals surface area contributed by atoms with E-state index in [2.05, 4.69) is 9.72 Å². The van der Waals surface area contributed by atoms with Crippen LogP contribution in [0.3, 0.4) is 0 Å². The SMILES string of the molecule is NNc1cccnc1OC(F)(F)F. The minimum atomic E-state index is -4.76. The van der Waals surface area contributed by atoms with Crippen LogP contribution in [0, 0.1) is 0 Å². The largest absolute Gasteiger partial charge is 0.574 e.